The van der Waals surface area contributed by atoms with Crippen molar-refractivity contribution in [3.05, 3.63) is 23.1 Å². The minimum Gasteiger partial charge on any atom is -0.356 e. The zero-order valence-electron chi connectivity index (χ0n) is 15.4. The summed E-state index contributed by atoms with van der Waals surface area (Å²) < 4.78 is 1.91. The number of nitrogens with zero attached hydrogens (tertiary/aromatic N) is 5. The van der Waals surface area contributed by atoms with E-state index in [4.69, 9.17) is 5.10 Å². The number of piperidine rings is 2. The Labute approximate surface area is 157 Å². The molecule has 2 aromatic heterocycles. The summed E-state index contributed by atoms with van der Waals surface area (Å²) in [7, 11) is 0. The van der Waals surface area contributed by atoms with Crippen LogP contribution in [0.1, 0.15) is 55.1 Å². The van der Waals surface area contributed by atoms with E-state index in [1.165, 1.54) is 11.3 Å². The maximum Gasteiger partial charge on any atom is 0.226 e. The van der Waals surface area contributed by atoms with Crippen molar-refractivity contribution in [2.45, 2.75) is 50.9 Å². The molecule has 142 valence electrons. The summed E-state index contributed by atoms with van der Waals surface area (Å²) in [5.74, 6) is 1.15. The molecule has 2 amide bonds. The smallest absolute Gasteiger partial charge is 0.226 e. The lowest BCUT2D eigenvalue weighted by Crippen LogP contribution is -2.45. The summed E-state index contributed by atoms with van der Waals surface area (Å²) in [5.41, 5.74) is 3.31. The maximum atomic E-state index is 12.7. The number of nitrogens with one attached hydrogen (secondary N) is 1. The number of carbonyl (C=O) groups is 2. The highest BCUT2D eigenvalue weighted by Gasteiger charge is 2.33. The van der Waals surface area contributed by atoms with Gasteiger partial charge in [-0.1, -0.05) is 0 Å². The molecular weight excluding hydrogens is 344 g/mol. The summed E-state index contributed by atoms with van der Waals surface area (Å²) in [6.45, 7) is 2.02. The number of rotatable bonds is 2. The van der Waals surface area contributed by atoms with Gasteiger partial charge >= 0.3 is 0 Å². The van der Waals surface area contributed by atoms with Crippen LogP contribution in [0.4, 0.5) is 0 Å². The molecule has 3 aliphatic rings. The maximum absolute atomic E-state index is 12.7. The molecule has 2 aliphatic heterocycles. The number of hydrogen-bond donors (Lipinski definition) is 1. The lowest BCUT2D eigenvalue weighted by molar-refractivity contribution is -0.141. The summed E-state index contributed by atoms with van der Waals surface area (Å²) >= 11 is 0. The molecule has 4 heterocycles. The van der Waals surface area contributed by atoms with Crippen LogP contribution < -0.4 is 5.32 Å². The molecule has 5 rings (SSSR count). The Morgan fingerprint density at radius 2 is 2.00 bits per heavy atom. The highest BCUT2D eigenvalue weighted by molar-refractivity contribution is 5.87. The molecule has 8 nitrogen and oxygen atoms in total. The van der Waals surface area contributed by atoms with Crippen LogP contribution >= 0.6 is 0 Å². The molecule has 0 radical (unpaired) electrons. The summed E-state index contributed by atoms with van der Waals surface area (Å²) in [6.07, 6.45) is 6.08. The number of carbonyl (C=O) groups excluding carboxylic acids is 2. The van der Waals surface area contributed by atoms with E-state index >= 15 is 0 Å². The fourth-order valence-electron chi connectivity index (χ4n) is 4.66. The van der Waals surface area contributed by atoms with Gasteiger partial charge in [-0.15, -0.1) is 10.2 Å². The highest BCUT2D eigenvalue weighted by Crippen LogP contribution is 2.29. The molecule has 1 N–H and O–H groups in total. The van der Waals surface area contributed by atoms with Crippen LogP contribution in [0.2, 0.25) is 0 Å². The van der Waals surface area contributed by atoms with Gasteiger partial charge in [-0.05, 0) is 50.2 Å². The first kappa shape index (κ1) is 16.6. The van der Waals surface area contributed by atoms with Gasteiger partial charge in [0, 0.05) is 37.9 Å². The SMILES string of the molecule is O=C1CC(C(=O)N2CCC(c3nnc4cc5c(nn34)CCC5)CC2)CCN1. The van der Waals surface area contributed by atoms with E-state index in [9.17, 15) is 9.59 Å². The van der Waals surface area contributed by atoms with E-state index in [0.717, 1.165) is 50.0 Å². The Hall–Kier alpha value is -2.51. The highest BCUT2D eigenvalue weighted by atomic mass is 16.2. The average molecular weight is 368 g/mol. The van der Waals surface area contributed by atoms with Crippen molar-refractivity contribution < 1.29 is 9.59 Å². The number of hydrogen-bond acceptors (Lipinski definition) is 5. The van der Waals surface area contributed by atoms with Crippen molar-refractivity contribution in [1.82, 2.24) is 30.0 Å². The first-order valence-corrected chi connectivity index (χ1v) is 9.98. The minimum atomic E-state index is -0.159. The fraction of sp³-hybridized carbons (Fsp3) is 0.632. The number of aromatic nitrogens is 4. The molecule has 8 heteroatoms. The molecule has 1 unspecified atom stereocenters. The van der Waals surface area contributed by atoms with Crippen molar-refractivity contribution in [2.75, 3.05) is 19.6 Å². The van der Waals surface area contributed by atoms with Gasteiger partial charge in [0.25, 0.3) is 0 Å². The Morgan fingerprint density at radius 3 is 2.81 bits per heavy atom. The van der Waals surface area contributed by atoms with Crippen molar-refractivity contribution in [1.29, 1.82) is 0 Å². The van der Waals surface area contributed by atoms with E-state index < -0.39 is 0 Å². The Kier molecular flexibility index (Phi) is 4.06. The van der Waals surface area contributed by atoms with E-state index in [0.29, 0.717) is 26.1 Å². The van der Waals surface area contributed by atoms with Crippen LogP contribution in [-0.2, 0) is 22.4 Å². The van der Waals surface area contributed by atoms with Gasteiger partial charge in [0.15, 0.2) is 11.5 Å². The van der Waals surface area contributed by atoms with Crippen molar-refractivity contribution >= 4 is 17.5 Å². The predicted molar refractivity (Wildman–Crippen MR) is 97.1 cm³/mol. The number of aryl methyl sites for hydroxylation is 2. The second kappa shape index (κ2) is 6.58. The van der Waals surface area contributed by atoms with Crippen LogP contribution in [0.3, 0.4) is 0 Å². The third kappa shape index (κ3) is 2.96. The lowest BCUT2D eigenvalue weighted by Gasteiger charge is -2.34. The van der Waals surface area contributed by atoms with Crippen molar-refractivity contribution in [3.8, 4) is 0 Å². The lowest BCUT2D eigenvalue weighted by atomic mass is 9.92. The minimum absolute atomic E-state index is 0.0111. The van der Waals surface area contributed by atoms with Gasteiger partial charge in [0.2, 0.25) is 11.8 Å². The first-order chi connectivity index (χ1) is 13.2. The fourth-order valence-corrected chi connectivity index (χ4v) is 4.66. The monoisotopic (exact) mass is 368 g/mol. The van der Waals surface area contributed by atoms with Crippen molar-refractivity contribution in [3.63, 3.8) is 0 Å². The summed E-state index contributed by atoms with van der Waals surface area (Å²) in [6, 6.07) is 2.12. The van der Waals surface area contributed by atoms with Gasteiger partial charge in [-0.3, -0.25) is 9.59 Å². The first-order valence-electron chi connectivity index (χ1n) is 9.98. The van der Waals surface area contributed by atoms with Crippen molar-refractivity contribution in [2.24, 2.45) is 5.92 Å². The van der Waals surface area contributed by atoms with Crippen LogP contribution in [0, 0.1) is 5.92 Å². The molecule has 27 heavy (non-hydrogen) atoms. The molecule has 0 bridgehead atoms. The largest absolute Gasteiger partial charge is 0.356 e. The molecule has 2 fully saturated rings. The van der Waals surface area contributed by atoms with Gasteiger partial charge in [0.1, 0.15) is 0 Å². The quantitative estimate of drug-likeness (QED) is 0.848. The Balaban J connectivity index is 1.29. The molecule has 1 atom stereocenters. The molecular formula is C19H24N6O2. The number of fused-ring (bicyclic) bond motifs is 2. The molecule has 2 saturated heterocycles. The molecule has 2 aromatic rings. The van der Waals surface area contributed by atoms with E-state index in [2.05, 4.69) is 21.6 Å². The predicted octanol–water partition coefficient (Wildman–Crippen LogP) is 0.845. The summed E-state index contributed by atoms with van der Waals surface area (Å²) in [5, 5.41) is 16.3. The second-order valence-electron chi connectivity index (χ2n) is 7.94. The molecule has 1 aliphatic carbocycles. The van der Waals surface area contributed by atoms with Crippen LogP contribution in [0.5, 0.6) is 0 Å². The van der Waals surface area contributed by atoms with E-state index in [-0.39, 0.29) is 23.7 Å². The van der Waals surface area contributed by atoms with Gasteiger partial charge in [-0.2, -0.15) is 9.61 Å². The summed E-state index contributed by atoms with van der Waals surface area (Å²) in [4.78, 5) is 26.2. The third-order valence-corrected chi connectivity index (χ3v) is 6.21. The van der Waals surface area contributed by atoms with Crippen LogP contribution in [0.25, 0.3) is 5.65 Å². The Morgan fingerprint density at radius 1 is 1.15 bits per heavy atom. The normalized spacial score (nSPS) is 23.5. The second-order valence-corrected chi connectivity index (χ2v) is 7.94. The van der Waals surface area contributed by atoms with Gasteiger partial charge in [-0.25, -0.2) is 0 Å². The average Bonchev–Trinajstić information content (AvgIpc) is 3.32. The van der Waals surface area contributed by atoms with Crippen LogP contribution in [-0.4, -0.2) is 56.2 Å². The number of likely N-dealkylation sites (tertiary alicyclic amines) is 1. The Bertz CT molecular complexity index is 899. The number of amides is 2. The standard InChI is InChI=1S/C19H24N6O2/c26-17-11-14(4-7-20-17)19(27)24-8-5-12(6-9-24)18-22-21-16-10-13-2-1-3-15(13)23-25(16)18/h10,12,14H,1-9,11H2,(H,20,26). The topological polar surface area (TPSA) is 92.5 Å². The molecule has 0 spiro atoms. The van der Waals surface area contributed by atoms with Gasteiger partial charge < -0.3 is 10.2 Å². The van der Waals surface area contributed by atoms with Gasteiger partial charge in [0.05, 0.1) is 5.69 Å². The van der Waals surface area contributed by atoms with Crippen LogP contribution in [0.15, 0.2) is 6.07 Å². The molecule has 0 saturated carbocycles. The third-order valence-electron chi connectivity index (χ3n) is 6.21. The zero-order valence-corrected chi connectivity index (χ0v) is 15.4. The molecule has 0 aromatic carbocycles. The van der Waals surface area contributed by atoms with E-state index in [1.807, 2.05) is 9.42 Å². The van der Waals surface area contributed by atoms with E-state index in [1.54, 1.807) is 0 Å². The zero-order chi connectivity index (χ0) is 18.4.